The summed E-state index contributed by atoms with van der Waals surface area (Å²) in [7, 11) is 0. The first-order chi connectivity index (χ1) is 10.3. The lowest BCUT2D eigenvalue weighted by Gasteiger charge is -2.06. The van der Waals surface area contributed by atoms with Crippen LogP contribution >= 0.6 is 0 Å². The van der Waals surface area contributed by atoms with E-state index >= 15 is 0 Å². The fourth-order valence-corrected chi connectivity index (χ4v) is 2.38. The molecule has 2 rings (SSSR count). The molecule has 1 aromatic carbocycles. The molecule has 2 aromatic rings. The van der Waals surface area contributed by atoms with Crippen molar-refractivity contribution >= 4 is 16.8 Å². The summed E-state index contributed by atoms with van der Waals surface area (Å²) in [6, 6.07) is 10.2. The Kier molecular flexibility index (Phi) is 6.20. The van der Waals surface area contributed by atoms with Crippen LogP contribution in [0.25, 0.3) is 10.9 Å². The molecule has 1 N–H and O–H groups in total. The van der Waals surface area contributed by atoms with Crippen LogP contribution in [0.15, 0.2) is 36.5 Å². The van der Waals surface area contributed by atoms with E-state index in [1.165, 1.54) is 19.3 Å². The minimum atomic E-state index is 0.139. The Morgan fingerprint density at radius 2 is 2.05 bits per heavy atom. The maximum absolute atomic E-state index is 11.8. The molecule has 112 valence electrons. The van der Waals surface area contributed by atoms with Gasteiger partial charge in [0.2, 0.25) is 5.91 Å². The van der Waals surface area contributed by atoms with E-state index in [1.54, 1.807) is 0 Å². The van der Waals surface area contributed by atoms with E-state index in [4.69, 9.17) is 0 Å². The third kappa shape index (κ3) is 5.18. The summed E-state index contributed by atoms with van der Waals surface area (Å²) in [6.07, 6.45) is 7.91. The lowest BCUT2D eigenvalue weighted by atomic mass is 10.1. The van der Waals surface area contributed by atoms with Gasteiger partial charge < -0.3 is 5.32 Å². The first kappa shape index (κ1) is 15.5. The topological polar surface area (TPSA) is 42.0 Å². The standard InChI is InChI=1S/C18H24N2O/c1-2-3-4-7-12-19-18(21)11-10-15-13-16-8-5-6-9-17(16)20-14-15/h5-6,8-9,13-14H,2-4,7,10-12H2,1H3,(H,19,21). The number of hydrogen-bond donors (Lipinski definition) is 1. The summed E-state index contributed by atoms with van der Waals surface area (Å²) in [6.45, 7) is 2.99. The van der Waals surface area contributed by atoms with E-state index in [9.17, 15) is 4.79 Å². The molecule has 0 radical (unpaired) electrons. The van der Waals surface area contributed by atoms with Crippen LogP contribution in [0.1, 0.15) is 44.6 Å². The van der Waals surface area contributed by atoms with Crippen molar-refractivity contribution in [2.24, 2.45) is 0 Å². The molecule has 3 nitrogen and oxygen atoms in total. The average Bonchev–Trinajstić information content (AvgIpc) is 2.52. The van der Waals surface area contributed by atoms with Crippen molar-refractivity contribution < 1.29 is 4.79 Å². The number of aryl methyl sites for hydroxylation is 1. The minimum absolute atomic E-state index is 0.139. The van der Waals surface area contributed by atoms with Crippen LogP contribution < -0.4 is 5.32 Å². The molecule has 0 saturated carbocycles. The number of pyridine rings is 1. The molecule has 1 heterocycles. The van der Waals surface area contributed by atoms with Gasteiger partial charge in [0.15, 0.2) is 0 Å². The van der Waals surface area contributed by atoms with Crippen molar-refractivity contribution in [1.29, 1.82) is 0 Å². The Bertz CT molecular complexity index is 580. The highest BCUT2D eigenvalue weighted by Crippen LogP contribution is 2.13. The number of carbonyl (C=O) groups is 1. The molecule has 1 aromatic heterocycles. The average molecular weight is 284 g/mol. The van der Waals surface area contributed by atoms with Crippen LogP contribution in [0.2, 0.25) is 0 Å². The molecule has 0 atom stereocenters. The molecule has 0 spiro atoms. The molecule has 0 saturated heterocycles. The number of para-hydroxylation sites is 1. The second kappa shape index (κ2) is 8.40. The molecule has 0 bridgehead atoms. The maximum Gasteiger partial charge on any atom is 0.220 e. The number of benzene rings is 1. The molecule has 0 fully saturated rings. The van der Waals surface area contributed by atoms with Gasteiger partial charge >= 0.3 is 0 Å². The Hall–Kier alpha value is -1.90. The third-order valence-electron chi connectivity index (χ3n) is 3.64. The van der Waals surface area contributed by atoms with Crippen molar-refractivity contribution in [3.8, 4) is 0 Å². The number of amides is 1. The summed E-state index contributed by atoms with van der Waals surface area (Å²) in [5.74, 6) is 0.139. The van der Waals surface area contributed by atoms with E-state index < -0.39 is 0 Å². The molecule has 3 heteroatoms. The van der Waals surface area contributed by atoms with Gasteiger partial charge in [0, 0.05) is 24.5 Å². The van der Waals surface area contributed by atoms with Gasteiger partial charge in [0.1, 0.15) is 0 Å². The number of aromatic nitrogens is 1. The monoisotopic (exact) mass is 284 g/mol. The fourth-order valence-electron chi connectivity index (χ4n) is 2.38. The van der Waals surface area contributed by atoms with Crippen molar-refractivity contribution in [3.63, 3.8) is 0 Å². The normalized spacial score (nSPS) is 10.7. The van der Waals surface area contributed by atoms with Gasteiger partial charge in [-0.3, -0.25) is 9.78 Å². The first-order valence-electron chi connectivity index (χ1n) is 7.90. The second-order valence-electron chi connectivity index (χ2n) is 5.45. The van der Waals surface area contributed by atoms with Crippen molar-refractivity contribution in [3.05, 3.63) is 42.1 Å². The molecule has 0 aliphatic heterocycles. The van der Waals surface area contributed by atoms with Crippen LogP contribution in [-0.4, -0.2) is 17.4 Å². The number of rotatable bonds is 8. The number of unbranched alkanes of at least 4 members (excludes halogenated alkanes) is 3. The Labute approximate surface area is 126 Å². The summed E-state index contributed by atoms with van der Waals surface area (Å²) >= 11 is 0. The number of carbonyl (C=O) groups excluding carboxylic acids is 1. The summed E-state index contributed by atoms with van der Waals surface area (Å²) in [5, 5.41) is 4.12. The Balaban J connectivity index is 1.75. The van der Waals surface area contributed by atoms with Crippen molar-refractivity contribution in [1.82, 2.24) is 10.3 Å². The lowest BCUT2D eigenvalue weighted by Crippen LogP contribution is -2.24. The molecule has 0 aliphatic carbocycles. The number of fused-ring (bicyclic) bond motifs is 1. The van der Waals surface area contributed by atoms with Crippen LogP contribution in [0.3, 0.4) is 0 Å². The van der Waals surface area contributed by atoms with E-state index in [-0.39, 0.29) is 5.91 Å². The zero-order valence-corrected chi connectivity index (χ0v) is 12.8. The molecule has 1 amide bonds. The first-order valence-corrected chi connectivity index (χ1v) is 7.90. The van der Waals surface area contributed by atoms with Crippen LogP contribution in [0.4, 0.5) is 0 Å². The predicted molar refractivity (Wildman–Crippen MR) is 87.2 cm³/mol. The molecular weight excluding hydrogens is 260 g/mol. The van der Waals surface area contributed by atoms with Crippen LogP contribution in [-0.2, 0) is 11.2 Å². The van der Waals surface area contributed by atoms with Gasteiger partial charge in [-0.2, -0.15) is 0 Å². The SMILES string of the molecule is CCCCCCNC(=O)CCc1cnc2ccccc2c1. The van der Waals surface area contributed by atoms with Gasteiger partial charge in [-0.05, 0) is 30.5 Å². The fraction of sp³-hybridized carbons (Fsp3) is 0.444. The van der Waals surface area contributed by atoms with E-state index in [0.717, 1.165) is 35.9 Å². The second-order valence-corrected chi connectivity index (χ2v) is 5.45. The largest absolute Gasteiger partial charge is 0.356 e. The predicted octanol–water partition coefficient (Wildman–Crippen LogP) is 3.86. The Morgan fingerprint density at radius 1 is 1.19 bits per heavy atom. The molecule has 21 heavy (non-hydrogen) atoms. The van der Waals surface area contributed by atoms with Crippen molar-refractivity contribution in [2.45, 2.75) is 45.4 Å². The van der Waals surface area contributed by atoms with Crippen LogP contribution in [0, 0.1) is 0 Å². The molecule has 0 aliphatic rings. The van der Waals surface area contributed by atoms with Gasteiger partial charge in [0.25, 0.3) is 0 Å². The van der Waals surface area contributed by atoms with Gasteiger partial charge in [-0.1, -0.05) is 44.4 Å². The summed E-state index contributed by atoms with van der Waals surface area (Å²) in [5.41, 5.74) is 2.12. The number of nitrogens with one attached hydrogen (secondary N) is 1. The highest BCUT2D eigenvalue weighted by molar-refractivity contribution is 5.79. The van der Waals surface area contributed by atoms with Gasteiger partial charge in [0.05, 0.1) is 5.52 Å². The van der Waals surface area contributed by atoms with E-state index in [1.807, 2.05) is 24.4 Å². The lowest BCUT2D eigenvalue weighted by molar-refractivity contribution is -0.121. The minimum Gasteiger partial charge on any atom is -0.356 e. The third-order valence-corrected chi connectivity index (χ3v) is 3.64. The number of hydrogen-bond acceptors (Lipinski definition) is 2. The maximum atomic E-state index is 11.8. The zero-order valence-electron chi connectivity index (χ0n) is 12.8. The smallest absolute Gasteiger partial charge is 0.220 e. The molecular formula is C18H24N2O. The summed E-state index contributed by atoms with van der Waals surface area (Å²) in [4.78, 5) is 16.2. The van der Waals surface area contributed by atoms with E-state index in [2.05, 4.69) is 29.4 Å². The highest BCUT2D eigenvalue weighted by Gasteiger charge is 2.03. The summed E-state index contributed by atoms with van der Waals surface area (Å²) < 4.78 is 0. The Morgan fingerprint density at radius 3 is 2.90 bits per heavy atom. The number of nitrogens with zero attached hydrogens (tertiary/aromatic N) is 1. The van der Waals surface area contributed by atoms with Gasteiger partial charge in [-0.15, -0.1) is 0 Å². The van der Waals surface area contributed by atoms with Crippen LogP contribution in [0.5, 0.6) is 0 Å². The van der Waals surface area contributed by atoms with Crippen molar-refractivity contribution in [2.75, 3.05) is 6.54 Å². The highest BCUT2D eigenvalue weighted by atomic mass is 16.1. The molecule has 0 unspecified atom stereocenters. The quantitative estimate of drug-likeness (QED) is 0.748. The van der Waals surface area contributed by atoms with E-state index in [0.29, 0.717) is 6.42 Å². The zero-order chi connectivity index (χ0) is 14.9. The van der Waals surface area contributed by atoms with Gasteiger partial charge in [-0.25, -0.2) is 0 Å².